The number of hydrogen-bond acceptors (Lipinski definition) is 3. The average Bonchev–Trinajstić information content (AvgIpc) is 2.76. The van der Waals surface area contributed by atoms with Crippen LogP contribution >= 0.6 is 11.3 Å². The minimum Gasteiger partial charge on any atom is -0.493 e. The minimum absolute atomic E-state index is 0.0344. The van der Waals surface area contributed by atoms with E-state index in [0.717, 1.165) is 9.75 Å². The van der Waals surface area contributed by atoms with Gasteiger partial charge in [0.1, 0.15) is 5.75 Å². The van der Waals surface area contributed by atoms with E-state index in [4.69, 9.17) is 4.74 Å². The van der Waals surface area contributed by atoms with E-state index >= 15 is 0 Å². The molecule has 1 aromatic carbocycles. The molecule has 1 aromatic heterocycles. The lowest BCUT2D eigenvalue weighted by atomic mass is 10.1. The lowest BCUT2D eigenvalue weighted by Gasteiger charge is -2.07. The van der Waals surface area contributed by atoms with E-state index in [1.54, 1.807) is 0 Å². The van der Waals surface area contributed by atoms with Gasteiger partial charge in [0.15, 0.2) is 0 Å². The van der Waals surface area contributed by atoms with Crippen molar-refractivity contribution < 1.29 is 9.53 Å². The minimum atomic E-state index is 0.0344. The van der Waals surface area contributed by atoms with Gasteiger partial charge in [0, 0.05) is 4.88 Å². The maximum absolute atomic E-state index is 12.3. The van der Waals surface area contributed by atoms with Gasteiger partial charge in [-0.2, -0.15) is 0 Å². The van der Waals surface area contributed by atoms with Crippen molar-refractivity contribution in [3.63, 3.8) is 0 Å². The summed E-state index contributed by atoms with van der Waals surface area (Å²) in [6.07, 6.45) is 0. The maximum atomic E-state index is 12.3. The van der Waals surface area contributed by atoms with Gasteiger partial charge >= 0.3 is 0 Å². The highest BCUT2D eigenvalue weighted by Crippen LogP contribution is 2.25. The molecule has 0 saturated carbocycles. The van der Waals surface area contributed by atoms with Crippen LogP contribution in [-0.4, -0.2) is 12.4 Å². The van der Waals surface area contributed by atoms with Gasteiger partial charge < -0.3 is 4.74 Å². The molecule has 0 spiro atoms. The van der Waals surface area contributed by atoms with Crippen molar-refractivity contribution in [3.8, 4) is 5.75 Å². The largest absolute Gasteiger partial charge is 0.493 e. The van der Waals surface area contributed by atoms with Gasteiger partial charge in [-0.05, 0) is 38.1 Å². The lowest BCUT2D eigenvalue weighted by molar-refractivity contribution is 0.103. The molecule has 0 aliphatic carbocycles. The Balaban J connectivity index is 2.36. The van der Waals surface area contributed by atoms with Gasteiger partial charge in [-0.1, -0.05) is 12.1 Å². The van der Waals surface area contributed by atoms with Crippen molar-refractivity contribution in [2.24, 2.45) is 0 Å². The van der Waals surface area contributed by atoms with Crippen molar-refractivity contribution in [1.29, 1.82) is 0 Å². The van der Waals surface area contributed by atoms with Crippen LogP contribution in [0.25, 0.3) is 0 Å². The summed E-state index contributed by atoms with van der Waals surface area (Å²) in [5.74, 6) is 0.693. The van der Waals surface area contributed by atoms with Gasteiger partial charge in [-0.25, -0.2) is 0 Å². The molecule has 0 amide bonds. The second-order valence-electron chi connectivity index (χ2n) is 3.67. The zero-order valence-corrected chi connectivity index (χ0v) is 10.7. The Morgan fingerprint density at radius 1 is 1.24 bits per heavy atom. The summed E-state index contributed by atoms with van der Waals surface area (Å²) in [6.45, 7) is 4.47. The van der Waals surface area contributed by atoms with Crippen LogP contribution in [0.5, 0.6) is 5.75 Å². The number of carbonyl (C=O) groups excluding carboxylic acids is 1. The molecule has 3 heteroatoms. The van der Waals surface area contributed by atoms with Crippen LogP contribution in [0.15, 0.2) is 36.4 Å². The summed E-state index contributed by atoms with van der Waals surface area (Å²) in [7, 11) is 0. The summed E-state index contributed by atoms with van der Waals surface area (Å²) < 4.78 is 5.47. The predicted molar refractivity (Wildman–Crippen MR) is 70.1 cm³/mol. The van der Waals surface area contributed by atoms with Crippen LogP contribution in [0.4, 0.5) is 0 Å². The quantitative estimate of drug-likeness (QED) is 0.769. The Labute approximate surface area is 105 Å². The van der Waals surface area contributed by atoms with Crippen molar-refractivity contribution in [1.82, 2.24) is 0 Å². The molecule has 0 aliphatic rings. The Morgan fingerprint density at radius 2 is 2.00 bits per heavy atom. The van der Waals surface area contributed by atoms with Crippen LogP contribution in [0, 0.1) is 6.92 Å². The van der Waals surface area contributed by atoms with Crippen molar-refractivity contribution >= 4 is 17.1 Å². The molecular weight excluding hydrogens is 232 g/mol. The number of para-hydroxylation sites is 1. The summed E-state index contributed by atoms with van der Waals surface area (Å²) in [4.78, 5) is 14.2. The maximum Gasteiger partial charge on any atom is 0.206 e. The topological polar surface area (TPSA) is 26.3 Å². The monoisotopic (exact) mass is 246 g/mol. The standard InChI is InChI=1S/C14H14O2S/c1-3-16-12-7-5-4-6-11(12)14(15)13-9-8-10(2)17-13/h4-9H,3H2,1-2H3. The van der Waals surface area contributed by atoms with Gasteiger partial charge in [-0.3, -0.25) is 4.79 Å². The third-order valence-electron chi connectivity index (χ3n) is 2.40. The number of thiophene rings is 1. The zero-order valence-electron chi connectivity index (χ0n) is 9.90. The molecule has 2 nitrogen and oxygen atoms in total. The number of benzene rings is 1. The van der Waals surface area contributed by atoms with E-state index in [2.05, 4.69) is 0 Å². The molecule has 0 unspecified atom stereocenters. The first-order valence-corrected chi connectivity index (χ1v) is 6.37. The van der Waals surface area contributed by atoms with E-state index in [1.165, 1.54) is 11.3 Å². The molecule has 0 bridgehead atoms. The first-order valence-electron chi connectivity index (χ1n) is 5.55. The number of rotatable bonds is 4. The highest BCUT2D eigenvalue weighted by molar-refractivity contribution is 7.14. The lowest BCUT2D eigenvalue weighted by Crippen LogP contribution is -2.03. The smallest absolute Gasteiger partial charge is 0.206 e. The molecule has 17 heavy (non-hydrogen) atoms. The fourth-order valence-electron chi connectivity index (χ4n) is 1.62. The summed E-state index contributed by atoms with van der Waals surface area (Å²) in [6, 6.07) is 11.2. The zero-order chi connectivity index (χ0) is 12.3. The average molecular weight is 246 g/mol. The van der Waals surface area contributed by atoms with E-state index in [-0.39, 0.29) is 5.78 Å². The first-order chi connectivity index (χ1) is 8.22. The van der Waals surface area contributed by atoms with Crippen LogP contribution in [0.1, 0.15) is 27.0 Å². The first kappa shape index (κ1) is 11.9. The molecule has 2 rings (SSSR count). The second kappa shape index (κ2) is 5.15. The van der Waals surface area contributed by atoms with Crippen LogP contribution in [-0.2, 0) is 0 Å². The van der Waals surface area contributed by atoms with Crippen molar-refractivity contribution in [3.05, 3.63) is 51.7 Å². The number of ether oxygens (including phenoxy) is 1. The van der Waals surface area contributed by atoms with Crippen LogP contribution < -0.4 is 4.74 Å². The molecule has 0 atom stereocenters. The third kappa shape index (κ3) is 2.56. The van der Waals surface area contributed by atoms with Crippen molar-refractivity contribution in [2.75, 3.05) is 6.61 Å². The molecule has 0 radical (unpaired) electrons. The van der Waals surface area contributed by atoms with Gasteiger partial charge in [0.25, 0.3) is 0 Å². The number of hydrogen-bond donors (Lipinski definition) is 0. The Bertz CT molecular complexity index is 529. The normalized spacial score (nSPS) is 10.2. The summed E-state index contributed by atoms with van der Waals surface area (Å²) in [5, 5.41) is 0. The van der Waals surface area contributed by atoms with E-state index in [0.29, 0.717) is 17.9 Å². The Morgan fingerprint density at radius 3 is 2.65 bits per heavy atom. The fraction of sp³-hybridized carbons (Fsp3) is 0.214. The molecule has 1 heterocycles. The Kier molecular flexibility index (Phi) is 3.59. The molecule has 0 aliphatic heterocycles. The molecule has 2 aromatic rings. The number of ketones is 1. The van der Waals surface area contributed by atoms with Gasteiger partial charge in [0.05, 0.1) is 17.0 Å². The number of carbonyl (C=O) groups is 1. The molecule has 0 saturated heterocycles. The highest BCUT2D eigenvalue weighted by Gasteiger charge is 2.15. The summed E-state index contributed by atoms with van der Waals surface area (Å²) in [5.41, 5.74) is 0.635. The van der Waals surface area contributed by atoms with Gasteiger partial charge in [-0.15, -0.1) is 11.3 Å². The van der Waals surface area contributed by atoms with E-state index < -0.39 is 0 Å². The SMILES string of the molecule is CCOc1ccccc1C(=O)c1ccc(C)s1. The van der Waals surface area contributed by atoms with Crippen LogP contribution in [0.2, 0.25) is 0 Å². The second-order valence-corrected chi connectivity index (χ2v) is 4.96. The fourth-order valence-corrected chi connectivity index (χ4v) is 2.45. The van der Waals surface area contributed by atoms with Gasteiger partial charge in [0.2, 0.25) is 5.78 Å². The van der Waals surface area contributed by atoms with Crippen LogP contribution in [0.3, 0.4) is 0 Å². The van der Waals surface area contributed by atoms with E-state index in [9.17, 15) is 4.79 Å². The Hall–Kier alpha value is -1.61. The highest BCUT2D eigenvalue weighted by atomic mass is 32.1. The predicted octanol–water partition coefficient (Wildman–Crippen LogP) is 3.69. The van der Waals surface area contributed by atoms with E-state index in [1.807, 2.05) is 50.2 Å². The third-order valence-corrected chi connectivity index (χ3v) is 3.40. The summed E-state index contributed by atoms with van der Waals surface area (Å²) >= 11 is 1.51. The molecule has 0 N–H and O–H groups in total. The molecule has 0 fully saturated rings. The molecule has 88 valence electrons. The molecular formula is C14H14O2S. The van der Waals surface area contributed by atoms with Crippen molar-refractivity contribution in [2.45, 2.75) is 13.8 Å². The number of aryl methyl sites for hydroxylation is 1.